The molecule has 0 unspecified atom stereocenters. The number of nitrogens with one attached hydrogen (secondary N) is 2. The Morgan fingerprint density at radius 3 is 2.64 bits per heavy atom. The zero-order chi connectivity index (χ0) is 9.80. The molecular weight excluding hydrogens is 242 g/mol. The molecule has 0 saturated heterocycles. The molecule has 2 aromatic rings. The lowest BCUT2D eigenvalue weighted by Gasteiger charge is -2.03. The first-order valence-corrected chi connectivity index (χ1v) is 5.11. The minimum Gasteiger partial charge on any atom is -0.379 e. The summed E-state index contributed by atoms with van der Waals surface area (Å²) in [5.41, 5.74) is 2.18. The van der Waals surface area contributed by atoms with Gasteiger partial charge in [-0.15, -0.1) is 0 Å². The van der Waals surface area contributed by atoms with Gasteiger partial charge in [-0.05, 0) is 30.3 Å². The number of hydrogen-bond acceptors (Lipinski definition) is 2. The maximum absolute atomic E-state index is 3.88. The molecule has 0 aliphatic carbocycles. The van der Waals surface area contributed by atoms with Gasteiger partial charge in [0.05, 0.1) is 12.2 Å². The van der Waals surface area contributed by atoms with Crippen molar-refractivity contribution in [2.24, 2.45) is 0 Å². The van der Waals surface area contributed by atoms with Crippen LogP contribution in [0, 0.1) is 0 Å². The maximum Gasteiger partial charge on any atom is 0.0567 e. The molecule has 0 amide bonds. The summed E-state index contributed by atoms with van der Waals surface area (Å²) in [5.74, 6) is 0. The highest BCUT2D eigenvalue weighted by Gasteiger charge is 1.94. The van der Waals surface area contributed by atoms with Gasteiger partial charge >= 0.3 is 0 Å². The summed E-state index contributed by atoms with van der Waals surface area (Å²) in [6.45, 7) is 0.766. The Morgan fingerprint density at radius 1 is 1.21 bits per heavy atom. The quantitative estimate of drug-likeness (QED) is 0.881. The summed E-state index contributed by atoms with van der Waals surface area (Å²) in [7, 11) is 0. The molecule has 1 aromatic heterocycles. The molecule has 0 bridgehead atoms. The minimum atomic E-state index is 0.766. The van der Waals surface area contributed by atoms with Gasteiger partial charge in [0.25, 0.3) is 0 Å². The van der Waals surface area contributed by atoms with Crippen LogP contribution in [0.15, 0.2) is 41.0 Å². The monoisotopic (exact) mass is 251 g/mol. The van der Waals surface area contributed by atoms with Crippen LogP contribution in [0.5, 0.6) is 0 Å². The third-order valence-electron chi connectivity index (χ3n) is 1.89. The summed E-state index contributed by atoms with van der Waals surface area (Å²) in [6.07, 6.45) is 1.75. The van der Waals surface area contributed by atoms with Crippen molar-refractivity contribution in [1.82, 2.24) is 10.2 Å². The van der Waals surface area contributed by atoms with Crippen molar-refractivity contribution in [2.45, 2.75) is 6.54 Å². The van der Waals surface area contributed by atoms with Gasteiger partial charge in [0.15, 0.2) is 0 Å². The predicted octanol–water partition coefficient (Wildman–Crippen LogP) is 2.78. The van der Waals surface area contributed by atoms with E-state index in [2.05, 4.69) is 31.4 Å². The highest BCUT2D eigenvalue weighted by atomic mass is 79.9. The van der Waals surface area contributed by atoms with Gasteiger partial charge in [0.2, 0.25) is 0 Å². The van der Waals surface area contributed by atoms with Crippen LogP contribution in [0.25, 0.3) is 0 Å². The Hall–Kier alpha value is -1.29. The zero-order valence-corrected chi connectivity index (χ0v) is 9.08. The van der Waals surface area contributed by atoms with Crippen LogP contribution in [0.3, 0.4) is 0 Å². The molecule has 14 heavy (non-hydrogen) atoms. The molecule has 0 fully saturated rings. The molecule has 4 heteroatoms. The second-order valence-corrected chi connectivity index (χ2v) is 3.86. The number of H-pyrrole nitrogens is 1. The Bertz CT molecular complexity index is 380. The number of halogens is 1. The second kappa shape index (κ2) is 4.28. The van der Waals surface area contributed by atoms with E-state index in [1.807, 2.05) is 30.3 Å². The van der Waals surface area contributed by atoms with Crippen LogP contribution in [-0.2, 0) is 6.54 Å². The summed E-state index contributed by atoms with van der Waals surface area (Å²) < 4.78 is 1.09. The molecule has 2 rings (SSSR count). The van der Waals surface area contributed by atoms with E-state index in [-0.39, 0.29) is 0 Å². The van der Waals surface area contributed by atoms with Crippen LogP contribution in [0.4, 0.5) is 5.69 Å². The highest BCUT2D eigenvalue weighted by Crippen LogP contribution is 2.14. The minimum absolute atomic E-state index is 0.766. The number of nitrogens with zero attached hydrogens (tertiary/aromatic N) is 1. The topological polar surface area (TPSA) is 40.7 Å². The summed E-state index contributed by atoms with van der Waals surface area (Å²) in [6, 6.07) is 10.0. The van der Waals surface area contributed by atoms with Gasteiger partial charge in [0.1, 0.15) is 0 Å². The van der Waals surface area contributed by atoms with Crippen molar-refractivity contribution >= 4 is 21.6 Å². The van der Waals surface area contributed by atoms with E-state index in [1.165, 1.54) is 0 Å². The van der Waals surface area contributed by atoms with Crippen molar-refractivity contribution in [3.8, 4) is 0 Å². The fourth-order valence-corrected chi connectivity index (χ4v) is 1.41. The van der Waals surface area contributed by atoms with Gasteiger partial charge in [-0.25, -0.2) is 0 Å². The molecule has 0 radical (unpaired) electrons. The van der Waals surface area contributed by atoms with Gasteiger partial charge in [-0.1, -0.05) is 15.9 Å². The number of aromatic nitrogens is 2. The lowest BCUT2D eigenvalue weighted by Crippen LogP contribution is -1.99. The van der Waals surface area contributed by atoms with Crippen molar-refractivity contribution < 1.29 is 0 Å². The van der Waals surface area contributed by atoms with E-state index in [1.54, 1.807) is 6.20 Å². The Labute approximate surface area is 90.7 Å². The van der Waals surface area contributed by atoms with Gasteiger partial charge < -0.3 is 5.32 Å². The number of rotatable bonds is 3. The van der Waals surface area contributed by atoms with E-state index in [0.717, 1.165) is 22.4 Å². The number of aromatic amines is 1. The summed E-state index contributed by atoms with van der Waals surface area (Å²) >= 11 is 3.39. The molecule has 2 N–H and O–H groups in total. The molecule has 0 spiro atoms. The lowest BCUT2D eigenvalue weighted by atomic mass is 10.3. The van der Waals surface area contributed by atoms with Gasteiger partial charge in [-0.3, -0.25) is 5.10 Å². The molecule has 0 aliphatic heterocycles. The average molecular weight is 252 g/mol. The second-order valence-electron chi connectivity index (χ2n) is 2.94. The van der Waals surface area contributed by atoms with E-state index in [4.69, 9.17) is 0 Å². The Morgan fingerprint density at radius 2 is 2.00 bits per heavy atom. The molecular formula is C10H10BrN3. The SMILES string of the molecule is Brc1ccc(NCc2ccn[nH]2)cc1. The fourth-order valence-electron chi connectivity index (χ4n) is 1.15. The molecule has 72 valence electrons. The van der Waals surface area contributed by atoms with Crippen LogP contribution >= 0.6 is 15.9 Å². The third-order valence-corrected chi connectivity index (χ3v) is 2.41. The first kappa shape index (κ1) is 9.27. The molecule has 1 heterocycles. The molecule has 3 nitrogen and oxygen atoms in total. The fraction of sp³-hybridized carbons (Fsp3) is 0.100. The van der Waals surface area contributed by atoms with E-state index in [9.17, 15) is 0 Å². The first-order chi connectivity index (χ1) is 6.84. The van der Waals surface area contributed by atoms with Crippen LogP contribution in [0.2, 0.25) is 0 Å². The first-order valence-electron chi connectivity index (χ1n) is 4.32. The lowest BCUT2D eigenvalue weighted by molar-refractivity contribution is 0.981. The number of benzene rings is 1. The van der Waals surface area contributed by atoms with Crippen LogP contribution in [-0.4, -0.2) is 10.2 Å². The van der Waals surface area contributed by atoms with Gasteiger partial charge in [0, 0.05) is 16.4 Å². The third kappa shape index (κ3) is 2.35. The van der Waals surface area contributed by atoms with Crippen LogP contribution < -0.4 is 5.32 Å². The Kier molecular flexibility index (Phi) is 2.84. The molecule has 0 aliphatic rings. The summed E-state index contributed by atoms with van der Waals surface area (Å²) in [4.78, 5) is 0. The standard InChI is InChI=1S/C10H10BrN3/c11-8-1-3-9(4-2-8)12-7-10-5-6-13-14-10/h1-6,12H,7H2,(H,13,14). The number of hydrogen-bond donors (Lipinski definition) is 2. The predicted molar refractivity (Wildman–Crippen MR) is 60.1 cm³/mol. The van der Waals surface area contributed by atoms with E-state index in [0.29, 0.717) is 0 Å². The van der Waals surface area contributed by atoms with E-state index >= 15 is 0 Å². The summed E-state index contributed by atoms with van der Waals surface area (Å²) in [5, 5.41) is 10.1. The Balaban J connectivity index is 1.95. The molecule has 1 aromatic carbocycles. The smallest absolute Gasteiger partial charge is 0.0567 e. The average Bonchev–Trinajstić information content (AvgIpc) is 2.70. The van der Waals surface area contributed by atoms with Crippen LogP contribution in [0.1, 0.15) is 5.69 Å². The molecule has 0 atom stereocenters. The van der Waals surface area contributed by atoms with Crippen molar-refractivity contribution in [3.05, 3.63) is 46.7 Å². The van der Waals surface area contributed by atoms with Crippen molar-refractivity contribution in [1.29, 1.82) is 0 Å². The normalized spacial score (nSPS) is 10.1. The van der Waals surface area contributed by atoms with Gasteiger partial charge in [-0.2, -0.15) is 5.10 Å². The zero-order valence-electron chi connectivity index (χ0n) is 7.50. The van der Waals surface area contributed by atoms with Crippen molar-refractivity contribution in [2.75, 3.05) is 5.32 Å². The largest absolute Gasteiger partial charge is 0.379 e. The number of anilines is 1. The van der Waals surface area contributed by atoms with Crippen molar-refractivity contribution in [3.63, 3.8) is 0 Å². The maximum atomic E-state index is 3.88. The van der Waals surface area contributed by atoms with E-state index < -0.39 is 0 Å². The molecule has 0 saturated carbocycles. The highest BCUT2D eigenvalue weighted by molar-refractivity contribution is 9.10.